The number of pyridine rings is 1. The van der Waals surface area contributed by atoms with E-state index < -0.39 is 0 Å². The second kappa shape index (κ2) is 5.97. The average Bonchev–Trinajstić information content (AvgIpc) is 2.84. The van der Waals surface area contributed by atoms with Gasteiger partial charge < -0.3 is 5.32 Å². The Morgan fingerprint density at radius 3 is 3.11 bits per heavy atom. The molecule has 1 aromatic heterocycles. The van der Waals surface area contributed by atoms with Crippen molar-refractivity contribution in [1.29, 1.82) is 0 Å². The van der Waals surface area contributed by atoms with Crippen LogP contribution in [0.15, 0.2) is 12.3 Å². The third kappa shape index (κ3) is 3.20. The van der Waals surface area contributed by atoms with E-state index in [-0.39, 0.29) is 10.6 Å². The number of aryl methyl sites for hydroxylation is 1. The summed E-state index contributed by atoms with van der Waals surface area (Å²) in [7, 11) is 0. The molecule has 0 aromatic carbocycles. The van der Waals surface area contributed by atoms with Crippen LogP contribution in [0.2, 0.25) is 0 Å². The van der Waals surface area contributed by atoms with Gasteiger partial charge in [0.1, 0.15) is 0 Å². The number of anilines is 1. The monoisotopic (exact) mass is 264 g/mol. The molecule has 19 heavy (non-hydrogen) atoms. The summed E-state index contributed by atoms with van der Waals surface area (Å²) in [6.45, 7) is 6.80. The van der Waals surface area contributed by atoms with Gasteiger partial charge in [0.15, 0.2) is 0 Å². The summed E-state index contributed by atoms with van der Waals surface area (Å²) in [5.41, 5.74) is 0.856. The van der Waals surface area contributed by atoms with E-state index in [2.05, 4.69) is 22.1 Å². The highest BCUT2D eigenvalue weighted by Gasteiger charge is 2.24. The van der Waals surface area contributed by atoms with E-state index in [9.17, 15) is 10.1 Å². The van der Waals surface area contributed by atoms with Gasteiger partial charge in [-0.3, -0.25) is 15.0 Å². The van der Waals surface area contributed by atoms with Crippen molar-refractivity contribution in [2.24, 2.45) is 0 Å². The number of nitrogens with zero attached hydrogens (tertiary/aromatic N) is 3. The van der Waals surface area contributed by atoms with Gasteiger partial charge in [0, 0.05) is 24.8 Å². The lowest BCUT2D eigenvalue weighted by Crippen LogP contribution is -2.34. The number of nitro groups is 1. The van der Waals surface area contributed by atoms with Crippen LogP contribution in [0.1, 0.15) is 25.3 Å². The van der Waals surface area contributed by atoms with Crippen LogP contribution in [-0.4, -0.2) is 40.5 Å². The molecule has 6 heteroatoms. The third-order valence-corrected chi connectivity index (χ3v) is 3.61. The molecule has 2 heterocycles. The summed E-state index contributed by atoms with van der Waals surface area (Å²) in [5.74, 6) is 0.374. The standard InChI is InChI=1S/C13H20N4O2/c1-3-16-6-4-5-11(16)9-15-13-12(17(18)19)7-10(2)8-14-13/h7-8,11H,3-6,9H2,1-2H3,(H,14,15). The zero-order valence-corrected chi connectivity index (χ0v) is 11.4. The minimum atomic E-state index is -0.380. The first-order valence-corrected chi connectivity index (χ1v) is 6.70. The first-order valence-electron chi connectivity index (χ1n) is 6.70. The highest BCUT2D eigenvalue weighted by Crippen LogP contribution is 2.24. The molecule has 0 radical (unpaired) electrons. The molecule has 0 amide bonds. The number of likely N-dealkylation sites (tertiary alicyclic amines) is 1. The second-order valence-corrected chi connectivity index (χ2v) is 4.94. The first kappa shape index (κ1) is 13.7. The molecule has 0 bridgehead atoms. The predicted octanol–water partition coefficient (Wildman–Crippen LogP) is 2.19. The highest BCUT2D eigenvalue weighted by molar-refractivity contribution is 5.56. The molecule has 1 aliphatic rings. The van der Waals surface area contributed by atoms with Gasteiger partial charge in [-0.25, -0.2) is 4.98 Å². The van der Waals surface area contributed by atoms with Crippen LogP contribution in [0.5, 0.6) is 0 Å². The van der Waals surface area contributed by atoms with Crippen molar-refractivity contribution < 1.29 is 4.92 Å². The molecule has 6 nitrogen and oxygen atoms in total. The fraction of sp³-hybridized carbons (Fsp3) is 0.615. The molecule has 1 fully saturated rings. The molecule has 1 aromatic rings. The van der Waals surface area contributed by atoms with Crippen LogP contribution >= 0.6 is 0 Å². The van der Waals surface area contributed by atoms with Crippen molar-refractivity contribution >= 4 is 11.5 Å². The van der Waals surface area contributed by atoms with Gasteiger partial charge in [-0.15, -0.1) is 0 Å². The lowest BCUT2D eigenvalue weighted by Gasteiger charge is -2.23. The molecule has 1 N–H and O–H groups in total. The Morgan fingerprint density at radius 1 is 1.63 bits per heavy atom. The Labute approximate surface area is 113 Å². The zero-order chi connectivity index (χ0) is 13.8. The van der Waals surface area contributed by atoms with Gasteiger partial charge in [0.2, 0.25) is 5.82 Å². The summed E-state index contributed by atoms with van der Waals surface area (Å²) in [5, 5.41) is 14.1. The summed E-state index contributed by atoms with van der Waals surface area (Å²) in [6.07, 6.45) is 3.99. The molecular weight excluding hydrogens is 244 g/mol. The molecule has 1 unspecified atom stereocenters. The predicted molar refractivity (Wildman–Crippen MR) is 74.4 cm³/mol. The van der Waals surface area contributed by atoms with Gasteiger partial charge in [0.05, 0.1) is 4.92 Å². The maximum Gasteiger partial charge on any atom is 0.311 e. The fourth-order valence-electron chi connectivity index (χ4n) is 2.59. The van der Waals surface area contributed by atoms with Crippen LogP contribution in [-0.2, 0) is 0 Å². The van der Waals surface area contributed by atoms with Crippen LogP contribution in [0.4, 0.5) is 11.5 Å². The lowest BCUT2D eigenvalue weighted by molar-refractivity contribution is -0.384. The number of nitrogens with one attached hydrogen (secondary N) is 1. The van der Waals surface area contributed by atoms with E-state index in [1.807, 2.05) is 0 Å². The molecule has 104 valence electrons. The minimum absolute atomic E-state index is 0.0565. The third-order valence-electron chi connectivity index (χ3n) is 3.61. The Balaban J connectivity index is 2.05. The van der Waals surface area contributed by atoms with Crippen molar-refractivity contribution in [3.8, 4) is 0 Å². The van der Waals surface area contributed by atoms with Crippen LogP contribution < -0.4 is 5.32 Å². The van der Waals surface area contributed by atoms with Crippen molar-refractivity contribution in [1.82, 2.24) is 9.88 Å². The number of likely N-dealkylation sites (N-methyl/N-ethyl adjacent to an activating group) is 1. The van der Waals surface area contributed by atoms with E-state index >= 15 is 0 Å². The number of aromatic nitrogens is 1. The Morgan fingerprint density at radius 2 is 2.42 bits per heavy atom. The van der Waals surface area contributed by atoms with Crippen molar-refractivity contribution in [2.45, 2.75) is 32.7 Å². The van der Waals surface area contributed by atoms with Crippen LogP contribution in [0.25, 0.3) is 0 Å². The largest absolute Gasteiger partial charge is 0.363 e. The summed E-state index contributed by atoms with van der Waals surface area (Å²) in [6, 6.07) is 2.01. The Hall–Kier alpha value is -1.69. The zero-order valence-electron chi connectivity index (χ0n) is 11.4. The molecule has 1 aliphatic heterocycles. The van der Waals surface area contributed by atoms with Crippen molar-refractivity contribution in [3.63, 3.8) is 0 Å². The molecule has 1 atom stereocenters. The van der Waals surface area contributed by atoms with Gasteiger partial charge in [0.25, 0.3) is 0 Å². The summed E-state index contributed by atoms with van der Waals surface area (Å²) >= 11 is 0. The first-order chi connectivity index (χ1) is 9.11. The van der Waals surface area contributed by atoms with Gasteiger partial charge in [-0.1, -0.05) is 6.92 Å². The quantitative estimate of drug-likeness (QED) is 0.652. The number of hydrogen-bond donors (Lipinski definition) is 1. The van der Waals surface area contributed by atoms with Crippen molar-refractivity contribution in [2.75, 3.05) is 25.0 Å². The maximum atomic E-state index is 11.0. The van der Waals surface area contributed by atoms with E-state index in [1.165, 1.54) is 6.42 Å². The molecule has 0 aliphatic carbocycles. The second-order valence-electron chi connectivity index (χ2n) is 4.94. The highest BCUT2D eigenvalue weighted by atomic mass is 16.6. The topological polar surface area (TPSA) is 71.3 Å². The maximum absolute atomic E-state index is 11.0. The molecule has 0 spiro atoms. The van der Waals surface area contributed by atoms with Crippen molar-refractivity contribution in [3.05, 3.63) is 27.9 Å². The van der Waals surface area contributed by atoms with E-state index in [0.717, 1.165) is 25.1 Å². The Bertz CT molecular complexity index is 464. The minimum Gasteiger partial charge on any atom is -0.363 e. The van der Waals surface area contributed by atoms with E-state index in [4.69, 9.17) is 0 Å². The molecule has 0 saturated carbocycles. The number of hydrogen-bond acceptors (Lipinski definition) is 5. The Kier molecular flexibility index (Phi) is 4.31. The summed E-state index contributed by atoms with van der Waals surface area (Å²) < 4.78 is 0. The lowest BCUT2D eigenvalue weighted by atomic mass is 10.2. The van der Waals surface area contributed by atoms with Gasteiger partial charge in [-0.2, -0.15) is 0 Å². The van der Waals surface area contributed by atoms with E-state index in [0.29, 0.717) is 18.4 Å². The van der Waals surface area contributed by atoms with Crippen LogP contribution in [0, 0.1) is 17.0 Å². The van der Waals surface area contributed by atoms with Crippen LogP contribution in [0.3, 0.4) is 0 Å². The molecular formula is C13H20N4O2. The summed E-state index contributed by atoms with van der Waals surface area (Å²) in [4.78, 5) is 17.2. The fourth-order valence-corrected chi connectivity index (χ4v) is 2.59. The molecule has 1 saturated heterocycles. The number of rotatable bonds is 5. The van der Waals surface area contributed by atoms with E-state index in [1.54, 1.807) is 19.2 Å². The smallest absolute Gasteiger partial charge is 0.311 e. The average molecular weight is 264 g/mol. The molecule has 2 rings (SSSR count). The normalized spacial score (nSPS) is 19.6. The SMILES string of the molecule is CCN1CCCC1CNc1ncc(C)cc1[N+](=O)[O-]. The van der Waals surface area contributed by atoms with Gasteiger partial charge in [-0.05, 0) is 38.4 Å². The van der Waals surface area contributed by atoms with Gasteiger partial charge >= 0.3 is 5.69 Å².